The van der Waals surface area contributed by atoms with Crippen molar-refractivity contribution in [3.8, 4) is 0 Å². The second-order valence-corrected chi connectivity index (χ2v) is 7.14. The van der Waals surface area contributed by atoms with Crippen LogP contribution < -0.4 is 5.32 Å². The van der Waals surface area contributed by atoms with Crippen molar-refractivity contribution in [3.05, 3.63) is 0 Å². The number of hydrogen-bond acceptors (Lipinski definition) is 2. The van der Waals surface area contributed by atoms with E-state index in [4.69, 9.17) is 0 Å². The van der Waals surface area contributed by atoms with Crippen LogP contribution in [0.15, 0.2) is 0 Å². The van der Waals surface area contributed by atoms with E-state index in [1.165, 1.54) is 44.3 Å². The van der Waals surface area contributed by atoms with Crippen molar-refractivity contribution in [1.29, 1.82) is 0 Å². The Hall–Kier alpha value is -0.380. The number of amides is 2. The maximum atomic E-state index is 12.1. The van der Waals surface area contributed by atoms with E-state index in [2.05, 4.69) is 12.2 Å². The number of carbonyl (C=O) groups excluding carboxylic acids is 1. The largest absolute Gasteiger partial charge is 0.337 e. The molecule has 2 heterocycles. The minimum absolute atomic E-state index is 0.153. The summed E-state index contributed by atoms with van der Waals surface area (Å²) in [6, 6.07) is 0.153. The van der Waals surface area contributed by atoms with E-state index in [1.54, 1.807) is 0 Å². The molecule has 0 spiro atoms. The molecule has 0 aromatic rings. The van der Waals surface area contributed by atoms with E-state index in [0.717, 1.165) is 19.6 Å². The Morgan fingerprint density at radius 3 is 2.53 bits per heavy atom. The Balaban J connectivity index is 1.75. The Kier molecular flexibility index (Phi) is 4.60. The van der Waals surface area contributed by atoms with E-state index >= 15 is 0 Å². The van der Waals surface area contributed by atoms with Crippen molar-refractivity contribution in [2.75, 3.05) is 25.4 Å². The minimum Gasteiger partial charge on any atom is -0.337 e. The molecule has 2 fully saturated rings. The first-order valence-corrected chi connectivity index (χ1v) is 7.85. The summed E-state index contributed by atoms with van der Waals surface area (Å²) in [6.45, 7) is 4.98. The summed E-state index contributed by atoms with van der Waals surface area (Å²) in [5.74, 6) is 1.25. The number of hydrogen-bond donors (Lipinski definition) is 1. The van der Waals surface area contributed by atoms with Gasteiger partial charge in [-0.15, -0.1) is 0 Å². The highest BCUT2D eigenvalue weighted by molar-refractivity contribution is 8.00. The molecular weight excluding hydrogens is 232 g/mol. The van der Waals surface area contributed by atoms with E-state index < -0.39 is 0 Å². The number of thioether (sulfide) groups is 1. The zero-order valence-corrected chi connectivity index (χ0v) is 11.7. The first kappa shape index (κ1) is 13.1. The Morgan fingerprint density at radius 1 is 1.24 bits per heavy atom. The lowest BCUT2D eigenvalue weighted by Gasteiger charge is -2.26. The molecule has 1 atom stereocenters. The van der Waals surface area contributed by atoms with Crippen LogP contribution in [-0.2, 0) is 0 Å². The van der Waals surface area contributed by atoms with Crippen molar-refractivity contribution in [3.63, 3.8) is 0 Å². The molecule has 0 radical (unpaired) electrons. The summed E-state index contributed by atoms with van der Waals surface area (Å²) < 4.78 is 0.279. The molecule has 1 unspecified atom stereocenters. The molecule has 1 N–H and O–H groups in total. The molecule has 0 bridgehead atoms. The van der Waals surface area contributed by atoms with Crippen LogP contribution in [0.5, 0.6) is 0 Å². The quantitative estimate of drug-likeness (QED) is 0.824. The summed E-state index contributed by atoms with van der Waals surface area (Å²) in [7, 11) is 0. The highest BCUT2D eigenvalue weighted by Crippen LogP contribution is 2.36. The van der Waals surface area contributed by atoms with Gasteiger partial charge in [0, 0.05) is 24.4 Å². The maximum absolute atomic E-state index is 12.1. The SMILES string of the molecule is CC1(CNC(=O)N2CCCCCC2)CCCS1. The third kappa shape index (κ3) is 3.80. The van der Waals surface area contributed by atoms with Crippen molar-refractivity contribution < 1.29 is 4.79 Å². The number of rotatable bonds is 2. The summed E-state index contributed by atoms with van der Waals surface area (Å²) >= 11 is 2.00. The third-order valence-electron chi connectivity index (χ3n) is 3.81. The van der Waals surface area contributed by atoms with E-state index in [1.807, 2.05) is 16.7 Å². The van der Waals surface area contributed by atoms with E-state index in [0.29, 0.717) is 0 Å². The Bertz CT molecular complexity index is 256. The monoisotopic (exact) mass is 256 g/mol. The molecule has 17 heavy (non-hydrogen) atoms. The van der Waals surface area contributed by atoms with Crippen LogP contribution in [0, 0.1) is 0 Å². The third-order valence-corrected chi connectivity index (χ3v) is 5.35. The van der Waals surface area contributed by atoms with Gasteiger partial charge in [-0.05, 0) is 38.4 Å². The highest BCUT2D eigenvalue weighted by Gasteiger charge is 2.30. The topological polar surface area (TPSA) is 32.3 Å². The van der Waals surface area contributed by atoms with Gasteiger partial charge in [-0.1, -0.05) is 12.8 Å². The van der Waals surface area contributed by atoms with Crippen LogP contribution in [-0.4, -0.2) is 41.1 Å². The number of carbonyl (C=O) groups is 1. The van der Waals surface area contributed by atoms with Crippen LogP contribution in [0.1, 0.15) is 45.4 Å². The van der Waals surface area contributed by atoms with Gasteiger partial charge < -0.3 is 10.2 Å². The molecular formula is C13H24N2OS. The van der Waals surface area contributed by atoms with Crippen LogP contribution in [0.2, 0.25) is 0 Å². The van der Waals surface area contributed by atoms with Gasteiger partial charge in [0.25, 0.3) is 0 Å². The molecule has 0 saturated carbocycles. The molecule has 2 aliphatic heterocycles. The lowest BCUT2D eigenvalue weighted by Crippen LogP contribution is -2.45. The molecule has 2 aliphatic rings. The molecule has 0 aromatic heterocycles. The molecule has 2 saturated heterocycles. The standard InChI is InChI=1S/C13H24N2OS/c1-13(7-6-10-17-13)11-14-12(16)15-8-4-2-3-5-9-15/h2-11H2,1H3,(H,14,16). The molecule has 0 aliphatic carbocycles. The smallest absolute Gasteiger partial charge is 0.317 e. The molecule has 4 heteroatoms. The van der Waals surface area contributed by atoms with Crippen LogP contribution in [0.25, 0.3) is 0 Å². The normalized spacial score (nSPS) is 30.1. The lowest BCUT2D eigenvalue weighted by atomic mass is 10.1. The predicted octanol–water partition coefficient (Wildman–Crippen LogP) is 2.86. The van der Waals surface area contributed by atoms with Crippen LogP contribution in [0.4, 0.5) is 4.79 Å². The van der Waals surface area contributed by atoms with E-state index in [9.17, 15) is 4.79 Å². The van der Waals surface area contributed by atoms with Gasteiger partial charge in [0.2, 0.25) is 0 Å². The number of nitrogens with one attached hydrogen (secondary N) is 1. The molecule has 2 amide bonds. The van der Waals surface area contributed by atoms with Crippen molar-refractivity contribution in [2.45, 2.75) is 50.2 Å². The Morgan fingerprint density at radius 2 is 1.94 bits per heavy atom. The lowest BCUT2D eigenvalue weighted by molar-refractivity contribution is 0.199. The molecule has 98 valence electrons. The average molecular weight is 256 g/mol. The summed E-state index contributed by atoms with van der Waals surface area (Å²) in [5.41, 5.74) is 0. The predicted molar refractivity (Wildman–Crippen MR) is 73.5 cm³/mol. The average Bonchev–Trinajstić information content (AvgIpc) is 2.60. The van der Waals surface area contributed by atoms with Gasteiger partial charge in [-0.3, -0.25) is 0 Å². The highest BCUT2D eigenvalue weighted by atomic mass is 32.2. The zero-order chi connectivity index (χ0) is 12.1. The summed E-state index contributed by atoms with van der Waals surface area (Å²) in [6.07, 6.45) is 7.41. The van der Waals surface area contributed by atoms with Crippen LogP contribution >= 0.6 is 11.8 Å². The number of urea groups is 1. The number of likely N-dealkylation sites (tertiary alicyclic amines) is 1. The van der Waals surface area contributed by atoms with Gasteiger partial charge in [0.1, 0.15) is 0 Å². The van der Waals surface area contributed by atoms with Gasteiger partial charge in [0.05, 0.1) is 0 Å². The van der Waals surface area contributed by atoms with Gasteiger partial charge >= 0.3 is 6.03 Å². The second-order valence-electron chi connectivity index (χ2n) is 5.46. The van der Waals surface area contributed by atoms with Crippen molar-refractivity contribution >= 4 is 17.8 Å². The van der Waals surface area contributed by atoms with Crippen molar-refractivity contribution in [1.82, 2.24) is 10.2 Å². The number of nitrogens with zero attached hydrogens (tertiary/aromatic N) is 1. The van der Waals surface area contributed by atoms with Gasteiger partial charge in [-0.25, -0.2) is 4.79 Å². The van der Waals surface area contributed by atoms with Crippen LogP contribution in [0.3, 0.4) is 0 Å². The van der Waals surface area contributed by atoms with Crippen molar-refractivity contribution in [2.24, 2.45) is 0 Å². The maximum Gasteiger partial charge on any atom is 0.317 e. The first-order valence-electron chi connectivity index (χ1n) is 6.86. The first-order chi connectivity index (χ1) is 8.20. The summed E-state index contributed by atoms with van der Waals surface area (Å²) in [5, 5.41) is 3.13. The minimum atomic E-state index is 0.153. The summed E-state index contributed by atoms with van der Waals surface area (Å²) in [4.78, 5) is 14.1. The fraction of sp³-hybridized carbons (Fsp3) is 0.923. The fourth-order valence-corrected chi connectivity index (χ4v) is 3.87. The van der Waals surface area contributed by atoms with E-state index in [-0.39, 0.29) is 10.8 Å². The second kappa shape index (κ2) is 5.98. The molecule has 2 rings (SSSR count). The van der Waals surface area contributed by atoms with Gasteiger partial charge in [0.15, 0.2) is 0 Å². The molecule has 0 aromatic carbocycles. The van der Waals surface area contributed by atoms with Gasteiger partial charge in [-0.2, -0.15) is 11.8 Å². The zero-order valence-electron chi connectivity index (χ0n) is 10.8. The molecule has 3 nitrogen and oxygen atoms in total. The Labute approximate surface area is 109 Å². The fourth-order valence-electron chi connectivity index (χ4n) is 2.62.